The van der Waals surface area contributed by atoms with Crippen molar-refractivity contribution >= 4 is 11.8 Å². The maximum absolute atomic E-state index is 14.4. The molecule has 8 rings (SSSR count). The Kier molecular flexibility index (Phi) is 18.9. The fourth-order valence-electron chi connectivity index (χ4n) is 10.00. The minimum absolute atomic E-state index is 0.0672. The predicted molar refractivity (Wildman–Crippen MR) is 235 cm³/mol. The molecule has 4 bridgehead atoms. The third kappa shape index (κ3) is 12.3. The van der Waals surface area contributed by atoms with Crippen LogP contribution in [0.25, 0.3) is 0 Å². The van der Waals surface area contributed by atoms with Crippen molar-refractivity contribution in [1.82, 2.24) is 9.80 Å². The summed E-state index contributed by atoms with van der Waals surface area (Å²) < 4.78 is 24.9. The zero-order chi connectivity index (χ0) is 41.1. The first kappa shape index (κ1) is 45.7. The molecule has 5 saturated heterocycles. The van der Waals surface area contributed by atoms with Gasteiger partial charge in [0.1, 0.15) is 47.0 Å². The van der Waals surface area contributed by atoms with Crippen molar-refractivity contribution in [2.24, 2.45) is 10.8 Å². The Labute approximate surface area is 352 Å². The van der Waals surface area contributed by atoms with E-state index in [9.17, 15) is 9.59 Å². The minimum atomic E-state index is -0.794. The number of carbonyl (C=O) groups is 2. The van der Waals surface area contributed by atoms with Crippen LogP contribution in [0.3, 0.4) is 0 Å². The summed E-state index contributed by atoms with van der Waals surface area (Å²) >= 11 is 0. The van der Waals surface area contributed by atoms with E-state index in [1.165, 1.54) is 116 Å². The van der Waals surface area contributed by atoms with Crippen LogP contribution in [-0.4, -0.2) is 74.2 Å². The summed E-state index contributed by atoms with van der Waals surface area (Å²) in [5, 5.41) is 0. The van der Waals surface area contributed by atoms with Gasteiger partial charge >= 0.3 is 0 Å². The highest BCUT2D eigenvalue weighted by atomic mass is 16.5. The number of piperidine rings is 2. The molecule has 0 radical (unpaired) electrons. The first-order chi connectivity index (χ1) is 28.3. The van der Waals surface area contributed by atoms with Crippen molar-refractivity contribution < 1.29 is 28.5 Å². The highest BCUT2D eigenvalue weighted by Gasteiger charge is 2.66. The second-order valence-corrected chi connectivity index (χ2v) is 17.8. The number of ether oxygens (including phenoxy) is 4. The molecule has 0 spiro atoms. The summed E-state index contributed by atoms with van der Waals surface area (Å²) in [7, 11) is 3.75. The maximum atomic E-state index is 14.4. The van der Waals surface area contributed by atoms with Gasteiger partial charge in [-0.25, -0.2) is 0 Å². The largest absolute Gasteiger partial charge is 0.494 e. The molecule has 324 valence electrons. The van der Waals surface area contributed by atoms with Gasteiger partial charge in [0.25, 0.3) is 0 Å². The lowest BCUT2D eigenvalue weighted by atomic mass is 9.57. The second kappa shape index (κ2) is 24.0. The van der Waals surface area contributed by atoms with Gasteiger partial charge in [-0.15, -0.1) is 0 Å². The average molecular weight is 803 g/mol. The number of hydrogen-bond acceptors (Lipinski definition) is 6. The number of benzene rings is 2. The molecule has 2 aromatic carbocycles. The second-order valence-electron chi connectivity index (χ2n) is 17.8. The van der Waals surface area contributed by atoms with Gasteiger partial charge in [-0.05, 0) is 87.1 Å². The molecule has 0 aromatic heterocycles. The fraction of sp³-hybridized carbons (Fsp3) is 0.720. The minimum Gasteiger partial charge on any atom is -0.494 e. The molecule has 4 atom stereocenters. The van der Waals surface area contributed by atoms with Crippen LogP contribution in [0.1, 0.15) is 168 Å². The first-order valence-electron chi connectivity index (χ1n) is 23.6. The normalized spacial score (nSPS) is 22.6. The van der Waals surface area contributed by atoms with Crippen LogP contribution in [0, 0.1) is 10.8 Å². The third-order valence-electron chi connectivity index (χ3n) is 13.6. The van der Waals surface area contributed by atoms with E-state index in [0.29, 0.717) is 24.3 Å². The monoisotopic (exact) mass is 803 g/mol. The van der Waals surface area contributed by atoms with E-state index in [2.05, 4.69) is 13.8 Å². The van der Waals surface area contributed by atoms with Crippen molar-refractivity contribution in [3.8, 4) is 23.0 Å². The summed E-state index contributed by atoms with van der Waals surface area (Å²) in [6.07, 6.45) is 28.9. The molecule has 0 N–H and O–H groups in total. The van der Waals surface area contributed by atoms with Gasteiger partial charge in [-0.3, -0.25) is 9.59 Å². The standard InChI is InChI=1S/C50H78N2O6/c1-5-7-9-11-13-15-17-19-21-23-37-55-41-25-29-43(30-26-41)57-39-49-35-33-46(52(4)47(49)53)50(36-34-45(49)51(3)48(50)54)40-58-44-31-27-42(28-32-44)56-38-24-22-20-18-16-14-12-10-8-6-2/h25-32,45-46H,5-24,33-40H2,1-4H3/t45-,46+,49+,50-. The van der Waals surface area contributed by atoms with Gasteiger partial charge in [-0.1, -0.05) is 129 Å². The Morgan fingerprint density at radius 3 is 1.03 bits per heavy atom. The molecule has 0 unspecified atom stereocenters. The molecule has 1 aliphatic carbocycles. The van der Waals surface area contributed by atoms with Gasteiger partial charge < -0.3 is 28.7 Å². The molecule has 5 heterocycles. The van der Waals surface area contributed by atoms with Gasteiger partial charge in [0, 0.05) is 26.2 Å². The summed E-state index contributed by atoms with van der Waals surface area (Å²) in [5.41, 5.74) is -1.59. The summed E-state index contributed by atoms with van der Waals surface area (Å²) in [5.74, 6) is 3.23. The van der Waals surface area contributed by atoms with Crippen LogP contribution >= 0.6 is 0 Å². The maximum Gasteiger partial charge on any atom is 0.234 e. The van der Waals surface area contributed by atoms with Crippen LogP contribution in [-0.2, 0) is 9.59 Å². The lowest BCUT2D eigenvalue weighted by Crippen LogP contribution is -2.75. The van der Waals surface area contributed by atoms with Crippen LogP contribution in [0.2, 0.25) is 0 Å². The molecule has 8 nitrogen and oxygen atoms in total. The Morgan fingerprint density at radius 1 is 0.448 bits per heavy atom. The summed E-state index contributed by atoms with van der Waals surface area (Å²) in [6, 6.07) is 15.1. The Hall–Kier alpha value is -3.42. The molecule has 2 amide bonds. The third-order valence-corrected chi connectivity index (χ3v) is 13.6. The number of nitrogens with zero attached hydrogens (tertiary/aromatic N) is 2. The highest BCUT2D eigenvalue weighted by Crippen LogP contribution is 2.54. The SMILES string of the molecule is CCCCCCCCCCCCOc1ccc(OC[C@@]23CC[C@@H](N(C)C2=O)[C@@]2(COc4ccc(OCCCCCCCCCCCC)cc4)CC[C@@H]3N(C)C2=O)cc1. The summed E-state index contributed by atoms with van der Waals surface area (Å²) in [6.45, 7) is 6.45. The van der Waals surface area contributed by atoms with Crippen molar-refractivity contribution in [1.29, 1.82) is 0 Å². The zero-order valence-corrected chi connectivity index (χ0v) is 36.9. The topological polar surface area (TPSA) is 77.5 Å². The van der Waals surface area contributed by atoms with E-state index in [-0.39, 0.29) is 37.1 Å². The van der Waals surface area contributed by atoms with Gasteiger partial charge in [0.15, 0.2) is 0 Å². The Balaban J connectivity index is 1.05. The van der Waals surface area contributed by atoms with Gasteiger partial charge in [-0.2, -0.15) is 0 Å². The molecule has 6 aliphatic rings. The smallest absolute Gasteiger partial charge is 0.234 e. The Morgan fingerprint density at radius 2 is 0.724 bits per heavy atom. The Bertz CT molecular complexity index is 1370. The molecule has 58 heavy (non-hydrogen) atoms. The quantitative estimate of drug-likeness (QED) is 0.0732. The van der Waals surface area contributed by atoms with Crippen molar-refractivity contribution in [3.05, 3.63) is 48.5 Å². The van der Waals surface area contributed by atoms with E-state index in [4.69, 9.17) is 18.9 Å². The lowest BCUT2D eigenvalue weighted by Gasteiger charge is -2.61. The van der Waals surface area contributed by atoms with Crippen LogP contribution in [0.5, 0.6) is 23.0 Å². The van der Waals surface area contributed by atoms with E-state index >= 15 is 0 Å². The lowest BCUT2D eigenvalue weighted by molar-refractivity contribution is -0.192. The number of hydrogen-bond donors (Lipinski definition) is 0. The molecular weight excluding hydrogens is 725 g/mol. The number of unbranched alkanes of at least 4 members (excludes halogenated alkanes) is 18. The van der Waals surface area contributed by atoms with Crippen molar-refractivity contribution in [2.75, 3.05) is 40.5 Å². The number of amides is 2. The molecule has 5 aliphatic heterocycles. The predicted octanol–water partition coefficient (Wildman–Crippen LogP) is 12.0. The van der Waals surface area contributed by atoms with Gasteiger partial charge in [0.2, 0.25) is 11.8 Å². The van der Waals surface area contributed by atoms with E-state index in [0.717, 1.165) is 50.4 Å². The first-order valence-corrected chi connectivity index (χ1v) is 23.6. The zero-order valence-electron chi connectivity index (χ0n) is 36.9. The summed E-state index contributed by atoms with van der Waals surface area (Å²) in [4.78, 5) is 32.5. The molecule has 2 aromatic rings. The van der Waals surface area contributed by atoms with E-state index in [1.54, 1.807) is 0 Å². The number of rotatable bonds is 30. The van der Waals surface area contributed by atoms with E-state index in [1.807, 2.05) is 72.4 Å². The molecular formula is C50H78N2O6. The average Bonchev–Trinajstić information content (AvgIpc) is 3.23. The van der Waals surface area contributed by atoms with Crippen molar-refractivity contribution in [3.63, 3.8) is 0 Å². The van der Waals surface area contributed by atoms with Crippen molar-refractivity contribution in [2.45, 2.75) is 180 Å². The molecule has 8 heteroatoms. The number of carbonyl (C=O) groups excluding carboxylic acids is 2. The van der Waals surface area contributed by atoms with Crippen LogP contribution in [0.4, 0.5) is 0 Å². The highest BCUT2D eigenvalue weighted by molar-refractivity contribution is 5.92. The molecule has 6 fully saturated rings. The van der Waals surface area contributed by atoms with Crippen LogP contribution < -0.4 is 18.9 Å². The molecule has 1 saturated carbocycles. The fourth-order valence-corrected chi connectivity index (χ4v) is 10.00. The van der Waals surface area contributed by atoms with E-state index < -0.39 is 10.8 Å². The van der Waals surface area contributed by atoms with Crippen LogP contribution in [0.15, 0.2) is 48.5 Å². The van der Waals surface area contributed by atoms with Gasteiger partial charge in [0.05, 0.1) is 13.2 Å².